The highest BCUT2D eigenvalue weighted by atomic mass is 19.4. The van der Waals surface area contributed by atoms with Crippen molar-refractivity contribution in [3.05, 3.63) is 41.7 Å². The summed E-state index contributed by atoms with van der Waals surface area (Å²) in [6.45, 7) is 0.937. The Morgan fingerprint density at radius 3 is 2.84 bits per heavy atom. The summed E-state index contributed by atoms with van der Waals surface area (Å²) in [5, 5.41) is 7.04. The van der Waals surface area contributed by atoms with Gasteiger partial charge in [0.25, 0.3) is 0 Å². The number of rotatable bonds is 1. The average molecular weight is 267 g/mol. The maximum Gasteiger partial charge on any atom is 0.419 e. The van der Waals surface area contributed by atoms with E-state index in [2.05, 4.69) is 10.4 Å². The summed E-state index contributed by atoms with van der Waals surface area (Å²) in [6.07, 6.45) is -0.531. The molecule has 1 N–H and O–H groups in total. The Hall–Kier alpha value is -1.98. The fraction of sp³-hybridized carbons (Fsp3) is 0.308. The predicted molar refractivity (Wildman–Crippen MR) is 65.4 cm³/mol. The van der Waals surface area contributed by atoms with Crippen molar-refractivity contribution < 1.29 is 13.2 Å². The van der Waals surface area contributed by atoms with E-state index in [1.54, 1.807) is 6.07 Å². The van der Waals surface area contributed by atoms with Crippen LogP contribution in [0.25, 0.3) is 5.69 Å². The number of aromatic nitrogens is 2. The van der Waals surface area contributed by atoms with E-state index in [4.69, 9.17) is 0 Å². The molecule has 1 aliphatic rings. The Bertz CT molecular complexity index is 601. The molecule has 2 aromatic rings. The molecule has 0 radical (unpaired) electrons. The van der Waals surface area contributed by atoms with E-state index >= 15 is 0 Å². The molecule has 3 rings (SSSR count). The van der Waals surface area contributed by atoms with Gasteiger partial charge in [-0.25, -0.2) is 4.68 Å². The third-order valence-corrected chi connectivity index (χ3v) is 3.20. The quantitative estimate of drug-likeness (QED) is 0.859. The monoisotopic (exact) mass is 267 g/mol. The van der Waals surface area contributed by atoms with Gasteiger partial charge in [-0.05, 0) is 36.6 Å². The Morgan fingerprint density at radius 1 is 1.26 bits per heavy atom. The number of fused-ring (bicyclic) bond motifs is 1. The first-order valence-corrected chi connectivity index (χ1v) is 6.03. The molecule has 1 aliphatic heterocycles. The van der Waals surface area contributed by atoms with Crippen LogP contribution in [0.2, 0.25) is 0 Å². The largest absolute Gasteiger partial charge is 0.419 e. The zero-order valence-corrected chi connectivity index (χ0v) is 10.0. The van der Waals surface area contributed by atoms with E-state index in [1.807, 2.05) is 12.1 Å². The van der Waals surface area contributed by atoms with Crippen molar-refractivity contribution in [2.45, 2.75) is 19.0 Å². The summed E-state index contributed by atoms with van der Waals surface area (Å²) < 4.78 is 38.8. The number of nitrogens with one attached hydrogen (secondary N) is 1. The minimum atomic E-state index is -4.35. The first-order valence-electron chi connectivity index (χ1n) is 6.03. The third-order valence-electron chi connectivity index (χ3n) is 3.20. The minimum Gasteiger partial charge on any atom is -0.385 e. The van der Waals surface area contributed by atoms with Crippen LogP contribution in [0.5, 0.6) is 0 Å². The van der Waals surface area contributed by atoms with Gasteiger partial charge in [0.2, 0.25) is 0 Å². The molecule has 0 aliphatic carbocycles. The molecule has 19 heavy (non-hydrogen) atoms. The van der Waals surface area contributed by atoms with E-state index in [1.165, 1.54) is 4.68 Å². The fourth-order valence-electron chi connectivity index (χ4n) is 2.21. The second kappa shape index (κ2) is 4.29. The van der Waals surface area contributed by atoms with Crippen molar-refractivity contribution in [2.75, 3.05) is 11.9 Å². The number of anilines is 1. The topological polar surface area (TPSA) is 29.9 Å². The van der Waals surface area contributed by atoms with Gasteiger partial charge in [0.15, 0.2) is 0 Å². The highest BCUT2D eigenvalue weighted by molar-refractivity contribution is 5.57. The number of nitrogens with zero attached hydrogens (tertiary/aromatic N) is 2. The van der Waals surface area contributed by atoms with Crippen LogP contribution in [0.4, 0.5) is 18.9 Å². The van der Waals surface area contributed by atoms with Crippen LogP contribution in [0, 0.1) is 0 Å². The van der Waals surface area contributed by atoms with Crippen LogP contribution in [-0.2, 0) is 12.6 Å². The molecule has 3 nitrogen and oxygen atoms in total. The average Bonchev–Trinajstić information content (AvgIpc) is 2.87. The van der Waals surface area contributed by atoms with Gasteiger partial charge in [-0.2, -0.15) is 18.3 Å². The summed E-state index contributed by atoms with van der Waals surface area (Å²) in [6, 6.07) is 5.54. The van der Waals surface area contributed by atoms with E-state index < -0.39 is 11.7 Å². The lowest BCUT2D eigenvalue weighted by atomic mass is 10.0. The van der Waals surface area contributed by atoms with Crippen molar-refractivity contribution in [2.24, 2.45) is 0 Å². The summed E-state index contributed by atoms with van der Waals surface area (Å²) in [7, 11) is 0. The molecular formula is C13H12F3N3. The van der Waals surface area contributed by atoms with Crippen LogP contribution < -0.4 is 5.32 Å². The van der Waals surface area contributed by atoms with Gasteiger partial charge in [0.1, 0.15) is 0 Å². The van der Waals surface area contributed by atoms with E-state index in [0.29, 0.717) is 5.69 Å². The van der Waals surface area contributed by atoms with Gasteiger partial charge < -0.3 is 5.32 Å². The van der Waals surface area contributed by atoms with E-state index in [0.717, 1.165) is 43.0 Å². The Balaban J connectivity index is 1.96. The first kappa shape index (κ1) is 12.1. The van der Waals surface area contributed by atoms with Gasteiger partial charge >= 0.3 is 6.18 Å². The van der Waals surface area contributed by atoms with Crippen molar-refractivity contribution in [3.8, 4) is 5.69 Å². The molecule has 0 amide bonds. The third kappa shape index (κ3) is 2.30. The molecule has 0 saturated heterocycles. The first-order chi connectivity index (χ1) is 9.04. The van der Waals surface area contributed by atoms with Crippen LogP contribution in [-0.4, -0.2) is 16.3 Å². The maximum atomic E-state index is 12.5. The summed E-state index contributed by atoms with van der Waals surface area (Å²) in [5.41, 5.74) is 2.09. The number of hydrogen-bond acceptors (Lipinski definition) is 2. The summed E-state index contributed by atoms with van der Waals surface area (Å²) in [5.74, 6) is 0. The molecule has 0 saturated carbocycles. The Labute approximate surface area is 108 Å². The zero-order chi connectivity index (χ0) is 13.5. The smallest absolute Gasteiger partial charge is 0.385 e. The number of halogens is 3. The molecule has 0 unspecified atom stereocenters. The molecule has 100 valence electrons. The Morgan fingerprint density at radius 2 is 2.11 bits per heavy atom. The summed E-state index contributed by atoms with van der Waals surface area (Å²) in [4.78, 5) is 0. The van der Waals surface area contributed by atoms with Crippen molar-refractivity contribution in [1.82, 2.24) is 9.78 Å². The van der Waals surface area contributed by atoms with Crippen LogP contribution in [0.1, 0.15) is 17.5 Å². The van der Waals surface area contributed by atoms with E-state index in [-0.39, 0.29) is 0 Å². The molecule has 6 heteroatoms. The van der Waals surface area contributed by atoms with Gasteiger partial charge in [-0.15, -0.1) is 0 Å². The lowest BCUT2D eigenvalue weighted by Crippen LogP contribution is -2.12. The predicted octanol–water partition coefficient (Wildman–Crippen LogP) is 3.25. The van der Waals surface area contributed by atoms with Crippen LogP contribution in [0.15, 0.2) is 30.6 Å². The normalized spacial score (nSPS) is 14.9. The molecule has 0 fully saturated rings. The van der Waals surface area contributed by atoms with Crippen molar-refractivity contribution in [1.29, 1.82) is 0 Å². The SMILES string of the molecule is FC(F)(F)c1cnn(-c2ccc3c(c2)CCCN3)c1. The lowest BCUT2D eigenvalue weighted by Gasteiger charge is -2.18. The number of hydrogen-bond donors (Lipinski definition) is 1. The molecule has 0 bridgehead atoms. The van der Waals surface area contributed by atoms with E-state index in [9.17, 15) is 13.2 Å². The highest BCUT2D eigenvalue weighted by Gasteiger charge is 2.32. The number of benzene rings is 1. The molecular weight excluding hydrogens is 255 g/mol. The molecule has 1 aromatic carbocycles. The zero-order valence-electron chi connectivity index (χ0n) is 10.0. The second-order valence-corrected chi connectivity index (χ2v) is 4.54. The summed E-state index contributed by atoms with van der Waals surface area (Å²) >= 11 is 0. The van der Waals surface area contributed by atoms with Gasteiger partial charge in [0, 0.05) is 18.4 Å². The molecule has 2 heterocycles. The van der Waals surface area contributed by atoms with Gasteiger partial charge in [0.05, 0.1) is 17.4 Å². The van der Waals surface area contributed by atoms with Crippen LogP contribution in [0.3, 0.4) is 0 Å². The second-order valence-electron chi connectivity index (χ2n) is 4.54. The standard InChI is InChI=1S/C13H12F3N3/c14-13(15,16)10-7-18-19(8-10)11-3-4-12-9(6-11)2-1-5-17-12/h3-4,6-8,17H,1-2,5H2. The van der Waals surface area contributed by atoms with Gasteiger partial charge in [-0.3, -0.25) is 0 Å². The number of aryl methyl sites for hydroxylation is 1. The Kier molecular flexibility index (Phi) is 2.73. The molecule has 0 spiro atoms. The maximum absolute atomic E-state index is 12.5. The number of alkyl halides is 3. The molecule has 1 aromatic heterocycles. The van der Waals surface area contributed by atoms with Crippen molar-refractivity contribution >= 4 is 5.69 Å². The lowest BCUT2D eigenvalue weighted by molar-refractivity contribution is -0.137. The fourth-order valence-corrected chi connectivity index (χ4v) is 2.21. The highest BCUT2D eigenvalue weighted by Crippen LogP contribution is 2.30. The molecule has 0 atom stereocenters. The van der Waals surface area contributed by atoms with Crippen LogP contribution >= 0.6 is 0 Å². The minimum absolute atomic E-state index is 0.651. The van der Waals surface area contributed by atoms with Gasteiger partial charge in [-0.1, -0.05) is 0 Å². The van der Waals surface area contributed by atoms with Crippen molar-refractivity contribution in [3.63, 3.8) is 0 Å².